The monoisotopic (exact) mass is 557 g/mol. The van der Waals surface area contributed by atoms with Gasteiger partial charge in [0, 0.05) is 18.0 Å². The van der Waals surface area contributed by atoms with E-state index in [0.717, 1.165) is 0 Å². The quantitative estimate of drug-likeness (QED) is 0.430. The normalized spacial score (nSPS) is 12.2. The Hall–Kier alpha value is -4.22. The molecule has 0 saturated carbocycles. The van der Waals surface area contributed by atoms with Crippen molar-refractivity contribution in [2.75, 3.05) is 13.7 Å². The van der Waals surface area contributed by atoms with Crippen molar-refractivity contribution < 1.29 is 33.0 Å². The first-order valence-corrected chi connectivity index (χ1v) is 12.6. The zero-order valence-corrected chi connectivity index (χ0v) is 24.3. The molecule has 0 bridgehead atoms. The zero-order chi connectivity index (χ0) is 30.0. The summed E-state index contributed by atoms with van der Waals surface area (Å²) in [7, 11) is 1.32. The molecule has 3 rings (SSSR count). The number of nitrogens with one attached hydrogen (secondary N) is 2. The zero-order valence-electron chi connectivity index (χ0n) is 24.3. The minimum atomic E-state index is -0.838. The topological polar surface area (TPSA) is 134 Å². The van der Waals surface area contributed by atoms with Crippen molar-refractivity contribution in [2.45, 2.75) is 72.1 Å². The summed E-state index contributed by atoms with van der Waals surface area (Å²) in [6, 6.07) is 4.19. The Morgan fingerprint density at radius 2 is 1.60 bits per heavy atom. The second-order valence-electron chi connectivity index (χ2n) is 11.9. The van der Waals surface area contributed by atoms with Gasteiger partial charge in [0.2, 0.25) is 0 Å². The van der Waals surface area contributed by atoms with Gasteiger partial charge in [0.25, 0.3) is 5.91 Å². The molecular weight excluding hydrogens is 521 g/mol. The first kappa shape index (κ1) is 30.3. The average Bonchev–Trinajstić information content (AvgIpc) is 3.17. The van der Waals surface area contributed by atoms with Crippen molar-refractivity contribution in [3.63, 3.8) is 0 Å². The number of carbonyl (C=O) groups is 3. The van der Waals surface area contributed by atoms with Crippen LogP contribution in [0.25, 0.3) is 22.3 Å². The molecule has 0 spiro atoms. The van der Waals surface area contributed by atoms with Gasteiger partial charge in [0.15, 0.2) is 11.6 Å². The summed E-state index contributed by atoms with van der Waals surface area (Å²) in [6.45, 7) is 13.9. The molecule has 0 unspecified atom stereocenters. The van der Waals surface area contributed by atoms with Crippen LogP contribution in [0.3, 0.4) is 0 Å². The van der Waals surface area contributed by atoms with Crippen molar-refractivity contribution in [3.05, 3.63) is 42.1 Å². The largest absolute Gasteiger partial charge is 0.494 e. The number of halogens is 1. The first-order valence-electron chi connectivity index (χ1n) is 12.6. The lowest BCUT2D eigenvalue weighted by Crippen LogP contribution is -2.52. The summed E-state index contributed by atoms with van der Waals surface area (Å²) >= 11 is 0. The molecular formula is C28H36FN5O6. The van der Waals surface area contributed by atoms with Crippen LogP contribution in [0.1, 0.15) is 65.9 Å². The van der Waals surface area contributed by atoms with Gasteiger partial charge >= 0.3 is 12.2 Å². The minimum Gasteiger partial charge on any atom is -0.494 e. The number of rotatable bonds is 6. The van der Waals surface area contributed by atoms with Crippen molar-refractivity contribution in [3.8, 4) is 17.1 Å². The summed E-state index contributed by atoms with van der Waals surface area (Å²) in [5.41, 5.74) is -1.61. The molecule has 0 aliphatic carbocycles. The summed E-state index contributed by atoms with van der Waals surface area (Å²) in [5, 5.41) is 5.84. The Bertz CT molecular complexity index is 1440. The lowest BCUT2D eigenvalue weighted by Gasteiger charge is -2.28. The number of carbonyl (C=O) groups excluding carboxylic acids is 3. The van der Waals surface area contributed by atoms with E-state index < -0.39 is 40.7 Å². The Balaban J connectivity index is 1.92. The van der Waals surface area contributed by atoms with Crippen LogP contribution in [0, 0.1) is 5.82 Å². The molecule has 40 heavy (non-hydrogen) atoms. The van der Waals surface area contributed by atoms with E-state index in [1.807, 2.05) is 0 Å². The Labute approximate surface area is 232 Å². The van der Waals surface area contributed by atoms with Crippen LogP contribution in [-0.2, 0) is 9.47 Å². The maximum absolute atomic E-state index is 14.5. The van der Waals surface area contributed by atoms with Gasteiger partial charge in [-0.2, -0.15) is 0 Å². The third-order valence-corrected chi connectivity index (χ3v) is 5.31. The molecule has 2 aromatic heterocycles. The predicted octanol–water partition coefficient (Wildman–Crippen LogP) is 5.06. The van der Waals surface area contributed by atoms with Gasteiger partial charge in [-0.15, -0.1) is 0 Å². The molecule has 0 aliphatic heterocycles. The second kappa shape index (κ2) is 11.1. The number of alkyl carbamates (subject to hydrolysis) is 1. The van der Waals surface area contributed by atoms with Crippen LogP contribution in [0.4, 0.5) is 14.0 Å². The lowest BCUT2D eigenvalue weighted by atomic mass is 10.1. The maximum atomic E-state index is 14.5. The van der Waals surface area contributed by atoms with E-state index in [0.29, 0.717) is 10.9 Å². The third kappa shape index (κ3) is 7.67. The molecule has 3 aromatic rings. The molecule has 2 amide bonds. The van der Waals surface area contributed by atoms with E-state index >= 15 is 0 Å². The van der Waals surface area contributed by atoms with E-state index in [1.54, 1.807) is 61.5 Å². The van der Waals surface area contributed by atoms with Gasteiger partial charge in [-0.25, -0.2) is 23.5 Å². The predicted molar refractivity (Wildman–Crippen MR) is 147 cm³/mol. The molecule has 2 heterocycles. The van der Waals surface area contributed by atoms with Crippen LogP contribution >= 0.6 is 0 Å². The molecule has 12 heteroatoms. The number of aromatic nitrogens is 3. The van der Waals surface area contributed by atoms with E-state index in [2.05, 4.69) is 20.6 Å². The fourth-order valence-corrected chi connectivity index (χ4v) is 3.67. The number of hydrogen-bond acceptors (Lipinski definition) is 8. The Morgan fingerprint density at radius 1 is 0.950 bits per heavy atom. The van der Waals surface area contributed by atoms with Gasteiger partial charge in [-0.05, 0) is 67.5 Å². The maximum Gasteiger partial charge on any atom is 0.419 e. The highest BCUT2D eigenvalue weighted by molar-refractivity contribution is 5.97. The van der Waals surface area contributed by atoms with E-state index in [9.17, 15) is 18.8 Å². The van der Waals surface area contributed by atoms with Gasteiger partial charge < -0.3 is 24.8 Å². The van der Waals surface area contributed by atoms with E-state index in [-0.39, 0.29) is 29.4 Å². The lowest BCUT2D eigenvalue weighted by molar-refractivity contribution is 0.0467. The van der Waals surface area contributed by atoms with Crippen LogP contribution in [0.15, 0.2) is 30.6 Å². The summed E-state index contributed by atoms with van der Waals surface area (Å²) in [5.74, 6) is -1.21. The fraction of sp³-hybridized carbons (Fsp3) is 0.464. The number of amides is 2. The van der Waals surface area contributed by atoms with Crippen LogP contribution in [0.2, 0.25) is 0 Å². The smallest absolute Gasteiger partial charge is 0.419 e. The highest BCUT2D eigenvalue weighted by Gasteiger charge is 2.27. The molecule has 0 fully saturated rings. The average molecular weight is 558 g/mol. The molecule has 216 valence electrons. The number of benzene rings is 1. The van der Waals surface area contributed by atoms with Gasteiger partial charge in [0.1, 0.15) is 22.6 Å². The Morgan fingerprint density at radius 3 is 2.20 bits per heavy atom. The van der Waals surface area contributed by atoms with Crippen molar-refractivity contribution in [1.29, 1.82) is 0 Å². The van der Waals surface area contributed by atoms with Gasteiger partial charge in [0.05, 0.1) is 36.3 Å². The molecule has 0 saturated heterocycles. The Kier molecular flexibility index (Phi) is 8.42. The summed E-state index contributed by atoms with van der Waals surface area (Å²) in [6.07, 6.45) is 1.32. The first-order chi connectivity index (χ1) is 18.4. The van der Waals surface area contributed by atoms with Crippen LogP contribution in [-0.4, -0.2) is 63.0 Å². The highest BCUT2D eigenvalue weighted by atomic mass is 19.1. The van der Waals surface area contributed by atoms with Crippen molar-refractivity contribution in [2.24, 2.45) is 0 Å². The number of ether oxygens (including phenoxy) is 3. The summed E-state index contributed by atoms with van der Waals surface area (Å²) in [4.78, 5) is 46.9. The number of fused-ring (bicyclic) bond motifs is 1. The van der Waals surface area contributed by atoms with Gasteiger partial charge in [-0.1, -0.05) is 0 Å². The second-order valence-corrected chi connectivity index (χ2v) is 11.9. The minimum absolute atomic E-state index is 0.0321. The third-order valence-electron chi connectivity index (χ3n) is 5.31. The number of hydrogen-bond donors (Lipinski definition) is 2. The molecule has 0 aliphatic rings. The number of methoxy groups -OCH3 is 1. The van der Waals surface area contributed by atoms with Crippen LogP contribution < -0.4 is 15.4 Å². The molecule has 0 atom stereocenters. The molecule has 2 N–H and O–H groups in total. The van der Waals surface area contributed by atoms with Crippen molar-refractivity contribution in [1.82, 2.24) is 25.2 Å². The van der Waals surface area contributed by atoms with E-state index in [4.69, 9.17) is 14.2 Å². The highest BCUT2D eigenvalue weighted by Crippen LogP contribution is 2.32. The fourth-order valence-electron chi connectivity index (χ4n) is 3.67. The molecule has 11 nitrogen and oxygen atoms in total. The summed E-state index contributed by atoms with van der Waals surface area (Å²) < 4.78 is 31.7. The van der Waals surface area contributed by atoms with Crippen molar-refractivity contribution >= 4 is 29.0 Å². The number of nitrogens with zero attached hydrogens (tertiary/aromatic N) is 3. The molecule has 1 aromatic carbocycles. The SMILES string of the molecule is COc1cc2c(cc1F)cc(-c1cncc(C(=O)NCC(C)(C)NC(=O)OC(C)(C)C)n1)n2C(=O)OC(C)(C)C. The standard InChI is InChI=1S/C28H36FN5O6/c1-26(2,3)39-24(36)33-28(7,8)15-31-23(35)19-14-30-13-18(32-19)21-11-16-10-17(29)22(38-9)12-20(16)34(21)25(37)40-27(4,5)6/h10-14H,15H2,1-9H3,(H,31,35)(H,33,36). The molecule has 0 radical (unpaired) electrons. The van der Waals surface area contributed by atoms with E-state index in [1.165, 1.54) is 36.2 Å². The van der Waals surface area contributed by atoms with Gasteiger partial charge in [-0.3, -0.25) is 9.78 Å². The van der Waals surface area contributed by atoms with Crippen LogP contribution in [0.5, 0.6) is 5.75 Å².